The van der Waals surface area contributed by atoms with Crippen molar-refractivity contribution in [1.29, 1.82) is 0 Å². The Balaban J connectivity index is 1.78. The van der Waals surface area contributed by atoms with Crippen LogP contribution in [0, 0.1) is 0 Å². The number of rotatable bonds is 4. The number of hydrogen-bond acceptors (Lipinski definition) is 7. The number of carbonyl (C=O) groups excluding carboxylic acids is 2. The summed E-state index contributed by atoms with van der Waals surface area (Å²) in [7, 11) is 6.84. The maximum absolute atomic E-state index is 12.4. The highest BCUT2D eigenvalue weighted by Crippen LogP contribution is 2.42. The minimum Gasteiger partial charge on any atom is -0.366 e. The molecule has 0 unspecified atom stereocenters. The van der Waals surface area contributed by atoms with Crippen molar-refractivity contribution in [2.75, 3.05) is 36.7 Å². The predicted molar refractivity (Wildman–Crippen MR) is 118 cm³/mol. The van der Waals surface area contributed by atoms with E-state index in [1.54, 1.807) is 25.0 Å². The molecule has 3 aromatic rings. The summed E-state index contributed by atoms with van der Waals surface area (Å²) < 4.78 is 0. The highest BCUT2D eigenvalue weighted by Gasteiger charge is 2.27. The minimum absolute atomic E-state index is 0.296. The van der Waals surface area contributed by atoms with Crippen LogP contribution in [-0.2, 0) is 13.6 Å². The van der Waals surface area contributed by atoms with E-state index in [1.165, 1.54) is 13.2 Å². The van der Waals surface area contributed by atoms with E-state index >= 15 is 0 Å². The lowest BCUT2D eigenvalue weighted by Crippen LogP contribution is -2.26. The number of aryl methyl sites for hydroxylation is 1. The van der Waals surface area contributed by atoms with Gasteiger partial charge in [-0.3, -0.25) is 10.1 Å². The van der Waals surface area contributed by atoms with E-state index in [0.29, 0.717) is 23.6 Å². The SMILES string of the molecule is CNC(=O)Nc1cc(Nc2cccc3c2N(C)Cc2nn(C)nc2-3)c(C(=O)NC)cn1. The lowest BCUT2D eigenvalue weighted by atomic mass is 10.0. The van der Waals surface area contributed by atoms with Crippen molar-refractivity contribution < 1.29 is 9.59 Å². The van der Waals surface area contributed by atoms with Gasteiger partial charge in [0.25, 0.3) is 5.91 Å². The fraction of sp³-hybridized carbons (Fsp3) is 0.250. The number of anilines is 4. The maximum atomic E-state index is 12.4. The summed E-state index contributed by atoms with van der Waals surface area (Å²) in [5, 5.41) is 20.0. The van der Waals surface area contributed by atoms with Gasteiger partial charge in [0.15, 0.2) is 0 Å². The highest BCUT2D eigenvalue weighted by atomic mass is 16.2. The second-order valence-corrected chi connectivity index (χ2v) is 7.07. The van der Waals surface area contributed by atoms with Crippen LogP contribution in [0.25, 0.3) is 11.3 Å². The molecular weight excluding hydrogens is 398 g/mol. The number of nitrogens with zero attached hydrogens (tertiary/aromatic N) is 5. The molecule has 1 aliphatic rings. The molecule has 1 aliphatic heterocycles. The van der Waals surface area contributed by atoms with E-state index in [9.17, 15) is 9.59 Å². The zero-order valence-corrected chi connectivity index (χ0v) is 17.6. The van der Waals surface area contributed by atoms with Crippen molar-refractivity contribution in [3.05, 3.63) is 41.7 Å². The Morgan fingerprint density at radius 1 is 1.06 bits per heavy atom. The predicted octanol–water partition coefficient (Wildman–Crippen LogP) is 1.68. The first-order chi connectivity index (χ1) is 14.9. The van der Waals surface area contributed by atoms with Gasteiger partial charge in [-0.1, -0.05) is 12.1 Å². The quantitative estimate of drug-likeness (QED) is 0.504. The van der Waals surface area contributed by atoms with Crippen LogP contribution in [-0.4, -0.2) is 53.1 Å². The van der Waals surface area contributed by atoms with E-state index in [1.807, 2.05) is 25.2 Å². The third-order valence-corrected chi connectivity index (χ3v) is 4.96. The molecule has 0 saturated heterocycles. The van der Waals surface area contributed by atoms with Crippen molar-refractivity contribution >= 4 is 34.8 Å². The lowest BCUT2D eigenvalue weighted by molar-refractivity contribution is 0.0963. The molecule has 0 bridgehead atoms. The molecule has 1 aromatic carbocycles. The topological polar surface area (TPSA) is 129 Å². The van der Waals surface area contributed by atoms with Gasteiger partial charge in [0, 0.05) is 46.0 Å². The zero-order valence-electron chi connectivity index (χ0n) is 17.6. The number of urea groups is 1. The number of pyridine rings is 1. The summed E-state index contributed by atoms with van der Waals surface area (Å²) in [6, 6.07) is 7.06. The van der Waals surface area contributed by atoms with Crippen molar-refractivity contribution in [3.8, 4) is 11.3 Å². The van der Waals surface area contributed by atoms with Crippen LogP contribution < -0.4 is 26.2 Å². The van der Waals surface area contributed by atoms with Crippen LogP contribution in [0.3, 0.4) is 0 Å². The summed E-state index contributed by atoms with van der Waals surface area (Å²) >= 11 is 0. The molecule has 4 rings (SSSR count). The second kappa shape index (κ2) is 7.94. The van der Waals surface area contributed by atoms with Crippen LogP contribution >= 0.6 is 0 Å². The van der Waals surface area contributed by atoms with Gasteiger partial charge in [-0.25, -0.2) is 9.78 Å². The highest BCUT2D eigenvalue weighted by molar-refractivity contribution is 6.02. The van der Waals surface area contributed by atoms with Gasteiger partial charge < -0.3 is 20.9 Å². The molecule has 4 N–H and O–H groups in total. The smallest absolute Gasteiger partial charge is 0.320 e. The van der Waals surface area contributed by atoms with E-state index < -0.39 is 6.03 Å². The van der Waals surface area contributed by atoms with Gasteiger partial charge in [-0.05, 0) is 6.07 Å². The summed E-state index contributed by atoms with van der Waals surface area (Å²) in [5.41, 5.74) is 5.27. The number of para-hydroxylation sites is 1. The number of nitrogens with one attached hydrogen (secondary N) is 4. The molecule has 11 heteroatoms. The van der Waals surface area contributed by atoms with E-state index in [4.69, 9.17) is 0 Å². The third kappa shape index (κ3) is 3.72. The molecule has 0 atom stereocenters. The average Bonchev–Trinajstić information content (AvgIpc) is 3.13. The number of hydrogen-bond donors (Lipinski definition) is 4. The number of fused-ring (bicyclic) bond motifs is 3. The molecule has 160 valence electrons. The van der Waals surface area contributed by atoms with Crippen molar-refractivity contribution in [2.45, 2.75) is 6.54 Å². The Morgan fingerprint density at radius 3 is 2.61 bits per heavy atom. The molecule has 2 aromatic heterocycles. The van der Waals surface area contributed by atoms with E-state index in [2.05, 4.69) is 41.3 Å². The molecule has 11 nitrogen and oxygen atoms in total. The second-order valence-electron chi connectivity index (χ2n) is 7.07. The van der Waals surface area contributed by atoms with Gasteiger partial charge in [-0.15, -0.1) is 0 Å². The van der Waals surface area contributed by atoms with E-state index in [-0.39, 0.29) is 5.91 Å². The molecule has 0 fully saturated rings. The molecular formula is C20H23N9O2. The van der Waals surface area contributed by atoms with Gasteiger partial charge in [0.2, 0.25) is 0 Å². The van der Waals surface area contributed by atoms with Crippen LogP contribution in [0.15, 0.2) is 30.5 Å². The van der Waals surface area contributed by atoms with Crippen molar-refractivity contribution in [3.63, 3.8) is 0 Å². The van der Waals surface area contributed by atoms with E-state index in [0.717, 1.165) is 28.3 Å². The van der Waals surface area contributed by atoms with Gasteiger partial charge >= 0.3 is 6.03 Å². The summed E-state index contributed by atoms with van der Waals surface area (Å²) in [4.78, 5) is 31.9. The molecule has 0 spiro atoms. The van der Waals surface area contributed by atoms with Crippen LogP contribution in [0.5, 0.6) is 0 Å². The Bertz CT molecular complexity index is 1170. The monoisotopic (exact) mass is 421 g/mol. The first-order valence-electron chi connectivity index (χ1n) is 9.64. The standard InChI is InChI=1S/C20H23N9O2/c1-21-19(30)12-9-23-16(25-20(31)22-2)8-14(12)24-13-7-5-6-11-17-15(26-29(4)27-17)10-28(3)18(11)13/h5-9H,10H2,1-4H3,(H,21,30)(H3,22,23,24,25,31). The van der Waals surface area contributed by atoms with Crippen molar-refractivity contribution in [1.82, 2.24) is 30.6 Å². The minimum atomic E-state index is -0.404. The van der Waals surface area contributed by atoms with Crippen molar-refractivity contribution in [2.24, 2.45) is 7.05 Å². The number of amides is 3. The van der Waals surface area contributed by atoms with Crippen LogP contribution in [0.1, 0.15) is 16.1 Å². The largest absolute Gasteiger partial charge is 0.366 e. The summed E-state index contributed by atoms with van der Waals surface area (Å²) in [5.74, 6) is 0.0136. The Morgan fingerprint density at radius 2 is 1.87 bits per heavy atom. The number of benzene rings is 1. The average molecular weight is 421 g/mol. The molecule has 3 heterocycles. The molecule has 3 amide bonds. The van der Waals surface area contributed by atoms with Crippen LogP contribution in [0.2, 0.25) is 0 Å². The van der Waals surface area contributed by atoms with Gasteiger partial charge in [0.1, 0.15) is 17.2 Å². The molecule has 0 radical (unpaired) electrons. The molecule has 31 heavy (non-hydrogen) atoms. The molecule has 0 aliphatic carbocycles. The number of carbonyl (C=O) groups is 2. The maximum Gasteiger partial charge on any atom is 0.320 e. The fourth-order valence-corrected chi connectivity index (χ4v) is 3.58. The normalized spacial score (nSPS) is 11.9. The van der Waals surface area contributed by atoms with Crippen LogP contribution in [0.4, 0.5) is 27.7 Å². The fourth-order valence-electron chi connectivity index (χ4n) is 3.58. The summed E-state index contributed by atoms with van der Waals surface area (Å²) in [6.07, 6.45) is 1.42. The van der Waals surface area contributed by atoms with Gasteiger partial charge in [0.05, 0.1) is 29.2 Å². The first kappa shape index (κ1) is 20.1. The molecule has 0 saturated carbocycles. The lowest BCUT2D eigenvalue weighted by Gasteiger charge is -2.29. The van der Waals surface area contributed by atoms with Gasteiger partial charge in [-0.2, -0.15) is 15.0 Å². The summed E-state index contributed by atoms with van der Waals surface area (Å²) in [6.45, 7) is 0.608. The Labute approximate surface area is 178 Å². The Hall–Kier alpha value is -4.15. The zero-order chi connectivity index (χ0) is 22.1. The number of aromatic nitrogens is 4. The Kier molecular flexibility index (Phi) is 5.15. The third-order valence-electron chi connectivity index (χ3n) is 4.96. The first-order valence-corrected chi connectivity index (χ1v) is 9.64.